The van der Waals surface area contributed by atoms with Crippen LogP contribution in [0.3, 0.4) is 0 Å². The SMILES string of the molecule is CC(C)(C)[Si](C)(C)OC(CCN1CCCC(F)(F)C1)C(O)CCN1CCCC(F)(F)C1. The van der Waals surface area contributed by atoms with E-state index in [1.54, 1.807) is 9.80 Å². The topological polar surface area (TPSA) is 35.9 Å². The molecule has 184 valence electrons. The first-order valence-corrected chi connectivity index (χ1v) is 14.6. The van der Waals surface area contributed by atoms with Crippen molar-refractivity contribution in [3.63, 3.8) is 0 Å². The van der Waals surface area contributed by atoms with Crippen molar-refractivity contribution in [3.05, 3.63) is 0 Å². The monoisotopic (exact) mass is 470 g/mol. The number of nitrogens with zero attached hydrogens (tertiary/aromatic N) is 2. The van der Waals surface area contributed by atoms with Crippen molar-refractivity contribution in [3.8, 4) is 0 Å². The average Bonchev–Trinajstić information content (AvgIpc) is 2.60. The van der Waals surface area contributed by atoms with E-state index in [1.165, 1.54) is 0 Å². The number of hydrogen-bond donors (Lipinski definition) is 1. The highest BCUT2D eigenvalue weighted by molar-refractivity contribution is 6.74. The number of piperidine rings is 2. The number of alkyl halides is 4. The van der Waals surface area contributed by atoms with Crippen LogP contribution < -0.4 is 0 Å². The standard InChI is InChI=1S/C22H42F4N2O2Si/c1-20(2,3)31(4,5)30-19(9-15-28-13-7-11-22(25,26)17-28)18(29)8-14-27-12-6-10-21(23,24)16-27/h18-19,29H,6-17H2,1-5H3. The van der Waals surface area contributed by atoms with Crippen LogP contribution in [0.15, 0.2) is 0 Å². The van der Waals surface area contributed by atoms with Crippen LogP contribution in [0.2, 0.25) is 18.1 Å². The van der Waals surface area contributed by atoms with Gasteiger partial charge >= 0.3 is 0 Å². The minimum atomic E-state index is -2.67. The summed E-state index contributed by atoms with van der Waals surface area (Å²) < 4.78 is 61.4. The van der Waals surface area contributed by atoms with Crippen molar-refractivity contribution in [1.82, 2.24) is 9.80 Å². The molecule has 2 fully saturated rings. The second kappa shape index (κ2) is 10.4. The summed E-state index contributed by atoms with van der Waals surface area (Å²) in [6.45, 7) is 12.1. The zero-order chi connectivity index (χ0) is 23.5. The molecule has 2 unspecified atom stereocenters. The number of likely N-dealkylation sites (tertiary alicyclic amines) is 2. The van der Waals surface area contributed by atoms with Gasteiger partial charge in [-0.3, -0.25) is 9.80 Å². The molecule has 2 heterocycles. The summed E-state index contributed by atoms with van der Waals surface area (Å²) in [5.74, 6) is -5.33. The molecular formula is C22H42F4N2O2Si. The molecule has 2 atom stereocenters. The third-order valence-electron chi connectivity index (χ3n) is 7.10. The summed E-state index contributed by atoms with van der Waals surface area (Å²) in [7, 11) is -2.20. The Morgan fingerprint density at radius 2 is 1.35 bits per heavy atom. The van der Waals surface area contributed by atoms with Crippen LogP contribution in [0.1, 0.15) is 59.3 Å². The molecule has 2 rings (SSSR count). The van der Waals surface area contributed by atoms with E-state index in [1.807, 2.05) is 0 Å². The first-order chi connectivity index (χ1) is 14.1. The lowest BCUT2D eigenvalue weighted by Crippen LogP contribution is -2.50. The van der Waals surface area contributed by atoms with E-state index >= 15 is 0 Å². The number of halogens is 4. The van der Waals surface area contributed by atoms with Gasteiger partial charge in [-0.2, -0.15) is 0 Å². The molecule has 0 bridgehead atoms. The first-order valence-electron chi connectivity index (χ1n) is 11.7. The van der Waals surface area contributed by atoms with Gasteiger partial charge in [-0.1, -0.05) is 20.8 Å². The molecule has 0 radical (unpaired) electrons. The molecule has 0 amide bonds. The number of aliphatic hydroxyl groups excluding tert-OH is 1. The van der Waals surface area contributed by atoms with Crippen LogP contribution in [-0.4, -0.2) is 86.5 Å². The third kappa shape index (κ3) is 8.57. The minimum absolute atomic E-state index is 0.0575. The molecule has 0 aromatic heterocycles. The van der Waals surface area contributed by atoms with E-state index in [0.717, 1.165) is 0 Å². The molecule has 0 aromatic rings. The number of rotatable bonds is 9. The maximum Gasteiger partial charge on any atom is 0.260 e. The van der Waals surface area contributed by atoms with Crippen LogP contribution in [-0.2, 0) is 4.43 Å². The molecule has 1 N–H and O–H groups in total. The van der Waals surface area contributed by atoms with E-state index in [-0.39, 0.29) is 31.0 Å². The Hall–Kier alpha value is -0.223. The second-order valence-electron chi connectivity index (χ2n) is 11.0. The Balaban J connectivity index is 1.98. The second-order valence-corrected chi connectivity index (χ2v) is 15.8. The van der Waals surface area contributed by atoms with Crippen molar-refractivity contribution in [2.75, 3.05) is 39.3 Å². The fourth-order valence-electron chi connectivity index (χ4n) is 4.17. The van der Waals surface area contributed by atoms with Crippen LogP contribution in [0.4, 0.5) is 17.6 Å². The molecule has 31 heavy (non-hydrogen) atoms. The summed E-state index contributed by atoms with van der Waals surface area (Å²) in [6, 6.07) is 0. The van der Waals surface area contributed by atoms with Crippen molar-refractivity contribution < 1.29 is 27.1 Å². The molecule has 2 aliphatic heterocycles. The van der Waals surface area contributed by atoms with Gasteiger partial charge in [0.1, 0.15) is 0 Å². The van der Waals surface area contributed by atoms with Crippen LogP contribution in [0, 0.1) is 0 Å². The fraction of sp³-hybridized carbons (Fsp3) is 1.00. The highest BCUT2D eigenvalue weighted by Crippen LogP contribution is 2.38. The lowest BCUT2D eigenvalue weighted by molar-refractivity contribution is -0.0733. The van der Waals surface area contributed by atoms with Gasteiger partial charge in [0.05, 0.1) is 25.3 Å². The number of aliphatic hydroxyl groups is 1. The van der Waals surface area contributed by atoms with Crippen molar-refractivity contribution >= 4 is 8.32 Å². The Bertz CT molecular complexity index is 572. The maximum absolute atomic E-state index is 13.8. The molecule has 2 saturated heterocycles. The van der Waals surface area contributed by atoms with E-state index in [0.29, 0.717) is 51.9 Å². The molecule has 0 aromatic carbocycles. The van der Waals surface area contributed by atoms with Gasteiger partial charge < -0.3 is 9.53 Å². The average molecular weight is 471 g/mol. The molecule has 0 saturated carbocycles. The fourth-order valence-corrected chi connectivity index (χ4v) is 5.56. The van der Waals surface area contributed by atoms with Crippen molar-refractivity contribution in [2.24, 2.45) is 0 Å². The molecular weight excluding hydrogens is 428 g/mol. The first kappa shape index (κ1) is 27.0. The van der Waals surface area contributed by atoms with E-state index in [4.69, 9.17) is 4.43 Å². The van der Waals surface area contributed by atoms with E-state index in [2.05, 4.69) is 33.9 Å². The predicted octanol–water partition coefficient (Wildman–Crippen LogP) is 4.98. The van der Waals surface area contributed by atoms with Crippen LogP contribution >= 0.6 is 0 Å². The van der Waals surface area contributed by atoms with E-state index < -0.39 is 32.4 Å². The molecule has 9 heteroatoms. The Morgan fingerprint density at radius 1 is 0.903 bits per heavy atom. The maximum atomic E-state index is 13.8. The molecule has 2 aliphatic rings. The lowest BCUT2D eigenvalue weighted by Gasteiger charge is -2.42. The largest absolute Gasteiger partial charge is 0.411 e. The smallest absolute Gasteiger partial charge is 0.260 e. The lowest BCUT2D eigenvalue weighted by atomic mass is 10.0. The summed E-state index contributed by atoms with van der Waals surface area (Å²) in [5.41, 5.74) is 0. The third-order valence-corrected chi connectivity index (χ3v) is 11.6. The van der Waals surface area contributed by atoms with E-state index in [9.17, 15) is 22.7 Å². The molecule has 4 nitrogen and oxygen atoms in total. The van der Waals surface area contributed by atoms with Crippen LogP contribution in [0.5, 0.6) is 0 Å². The van der Waals surface area contributed by atoms with Crippen LogP contribution in [0.25, 0.3) is 0 Å². The normalized spacial score (nSPS) is 25.4. The quantitative estimate of drug-likeness (QED) is 0.381. The minimum Gasteiger partial charge on any atom is -0.411 e. The van der Waals surface area contributed by atoms with Gasteiger partial charge in [0.25, 0.3) is 11.8 Å². The summed E-state index contributed by atoms with van der Waals surface area (Å²) in [4.78, 5) is 3.46. The summed E-state index contributed by atoms with van der Waals surface area (Å²) >= 11 is 0. The summed E-state index contributed by atoms with van der Waals surface area (Å²) in [6.07, 6.45) is 0.269. The van der Waals surface area contributed by atoms with Gasteiger partial charge in [0.15, 0.2) is 8.32 Å². The Labute approximate surface area is 186 Å². The van der Waals surface area contributed by atoms with Crippen molar-refractivity contribution in [2.45, 2.75) is 101 Å². The Kier molecular flexibility index (Phi) is 9.04. The summed E-state index contributed by atoms with van der Waals surface area (Å²) in [5, 5.41) is 10.9. The molecule has 0 spiro atoms. The predicted molar refractivity (Wildman–Crippen MR) is 119 cm³/mol. The zero-order valence-electron chi connectivity index (χ0n) is 19.9. The van der Waals surface area contributed by atoms with Gasteiger partial charge in [-0.15, -0.1) is 0 Å². The highest BCUT2D eigenvalue weighted by Gasteiger charge is 2.42. The van der Waals surface area contributed by atoms with Gasteiger partial charge in [-0.25, -0.2) is 17.6 Å². The van der Waals surface area contributed by atoms with Gasteiger partial charge in [0.2, 0.25) is 0 Å². The number of hydrogen-bond acceptors (Lipinski definition) is 4. The van der Waals surface area contributed by atoms with Crippen molar-refractivity contribution in [1.29, 1.82) is 0 Å². The zero-order valence-corrected chi connectivity index (χ0v) is 20.9. The molecule has 0 aliphatic carbocycles. The Morgan fingerprint density at radius 3 is 1.77 bits per heavy atom. The van der Waals surface area contributed by atoms with Gasteiger partial charge in [0, 0.05) is 25.9 Å². The highest BCUT2D eigenvalue weighted by atomic mass is 28.4. The van der Waals surface area contributed by atoms with Gasteiger partial charge in [-0.05, 0) is 56.9 Å².